The second kappa shape index (κ2) is 10.8. The highest BCUT2D eigenvalue weighted by Crippen LogP contribution is 2.40. The van der Waals surface area contributed by atoms with E-state index in [1.165, 1.54) is 30.3 Å². The standard InChI is InChI=1S/C28H24F6O2/c1-3-5-15-6-8-20(27(33)23(15)29)21-12-7-16(14-36-21)17-9-10-18(25(31)24(17)30)19-11-13-22(35-4-2)28(34)26(19)32/h3,5-6,8-11,13,16,21H,4,7,12,14H2,1-2H3/b5-3+. The highest BCUT2D eigenvalue weighted by atomic mass is 19.2. The molecule has 1 fully saturated rings. The maximum absolute atomic E-state index is 15.0. The van der Waals surface area contributed by atoms with Gasteiger partial charge in [-0.3, -0.25) is 0 Å². The number of benzene rings is 3. The summed E-state index contributed by atoms with van der Waals surface area (Å²) in [4.78, 5) is 0. The molecule has 1 aliphatic rings. The monoisotopic (exact) mass is 506 g/mol. The van der Waals surface area contributed by atoms with Gasteiger partial charge in [0.25, 0.3) is 0 Å². The Morgan fingerprint density at radius 2 is 1.42 bits per heavy atom. The minimum Gasteiger partial charge on any atom is -0.491 e. The van der Waals surface area contributed by atoms with Gasteiger partial charge in [-0.15, -0.1) is 0 Å². The lowest BCUT2D eigenvalue weighted by molar-refractivity contribution is -0.000649. The highest BCUT2D eigenvalue weighted by Gasteiger charge is 2.30. The largest absolute Gasteiger partial charge is 0.491 e. The third-order valence-electron chi connectivity index (χ3n) is 6.30. The molecule has 190 valence electrons. The molecule has 0 aromatic heterocycles. The molecule has 1 heterocycles. The molecule has 1 saturated heterocycles. The van der Waals surface area contributed by atoms with Crippen LogP contribution in [0.1, 0.15) is 55.4 Å². The van der Waals surface area contributed by atoms with E-state index in [4.69, 9.17) is 9.47 Å². The number of hydrogen-bond acceptors (Lipinski definition) is 2. The molecular formula is C28H24F6O2. The first-order valence-electron chi connectivity index (χ1n) is 11.6. The Morgan fingerprint density at radius 3 is 2.06 bits per heavy atom. The lowest BCUT2D eigenvalue weighted by atomic mass is 9.87. The van der Waals surface area contributed by atoms with Gasteiger partial charge in [0, 0.05) is 28.2 Å². The Hall–Kier alpha value is -3.26. The third-order valence-corrected chi connectivity index (χ3v) is 6.30. The summed E-state index contributed by atoms with van der Waals surface area (Å²) in [5, 5.41) is 0. The maximum Gasteiger partial charge on any atom is 0.201 e. The normalized spacial score (nSPS) is 18.1. The molecule has 3 aromatic carbocycles. The van der Waals surface area contributed by atoms with E-state index in [-0.39, 0.29) is 42.1 Å². The van der Waals surface area contributed by atoms with Crippen molar-refractivity contribution in [3.8, 4) is 16.9 Å². The minimum absolute atomic E-state index is 0.0107. The minimum atomic E-state index is -1.34. The summed E-state index contributed by atoms with van der Waals surface area (Å²) >= 11 is 0. The Morgan fingerprint density at radius 1 is 0.778 bits per heavy atom. The highest BCUT2D eigenvalue weighted by molar-refractivity contribution is 5.67. The van der Waals surface area contributed by atoms with E-state index >= 15 is 4.39 Å². The van der Waals surface area contributed by atoms with E-state index in [2.05, 4.69) is 0 Å². The lowest BCUT2D eigenvalue weighted by Gasteiger charge is -2.30. The van der Waals surface area contributed by atoms with E-state index in [0.717, 1.165) is 12.1 Å². The van der Waals surface area contributed by atoms with Crippen LogP contribution in [-0.4, -0.2) is 13.2 Å². The van der Waals surface area contributed by atoms with Crippen LogP contribution in [0.4, 0.5) is 26.3 Å². The number of rotatable bonds is 6. The van der Waals surface area contributed by atoms with Crippen molar-refractivity contribution in [2.45, 2.75) is 38.7 Å². The van der Waals surface area contributed by atoms with E-state index < -0.39 is 58.1 Å². The molecule has 1 aliphatic heterocycles. The van der Waals surface area contributed by atoms with Gasteiger partial charge in [-0.2, -0.15) is 4.39 Å². The quantitative estimate of drug-likeness (QED) is 0.314. The number of hydrogen-bond donors (Lipinski definition) is 0. The SMILES string of the molecule is C/C=C/c1ccc(C2CCC(c3ccc(-c4ccc(OCC)c(F)c4F)c(F)c3F)CO2)c(F)c1F. The van der Waals surface area contributed by atoms with Crippen LogP contribution in [0.5, 0.6) is 5.75 Å². The van der Waals surface area contributed by atoms with Crippen LogP contribution < -0.4 is 4.74 Å². The molecule has 0 N–H and O–H groups in total. The molecule has 0 spiro atoms. The Bertz CT molecular complexity index is 1300. The van der Waals surface area contributed by atoms with Gasteiger partial charge in [0.2, 0.25) is 5.82 Å². The first-order chi connectivity index (χ1) is 17.3. The summed E-state index contributed by atoms with van der Waals surface area (Å²) in [6.45, 7) is 3.35. The van der Waals surface area contributed by atoms with Crippen molar-refractivity contribution >= 4 is 6.08 Å². The van der Waals surface area contributed by atoms with Gasteiger partial charge in [0.1, 0.15) is 0 Å². The van der Waals surface area contributed by atoms with Crippen LogP contribution in [-0.2, 0) is 4.74 Å². The van der Waals surface area contributed by atoms with Gasteiger partial charge >= 0.3 is 0 Å². The van der Waals surface area contributed by atoms with Crippen molar-refractivity contribution < 1.29 is 35.8 Å². The molecule has 0 saturated carbocycles. The van der Waals surface area contributed by atoms with Gasteiger partial charge < -0.3 is 9.47 Å². The number of halogens is 6. The average Bonchev–Trinajstić information content (AvgIpc) is 2.88. The first-order valence-corrected chi connectivity index (χ1v) is 11.6. The third kappa shape index (κ3) is 4.74. The Labute approximate surface area is 205 Å². The first kappa shape index (κ1) is 25.8. The Kier molecular flexibility index (Phi) is 7.73. The molecule has 0 radical (unpaired) electrons. The molecule has 2 nitrogen and oxygen atoms in total. The molecule has 8 heteroatoms. The fourth-order valence-corrected chi connectivity index (χ4v) is 4.47. The molecule has 2 unspecified atom stereocenters. The Balaban J connectivity index is 1.54. The molecule has 36 heavy (non-hydrogen) atoms. The van der Waals surface area contributed by atoms with Crippen molar-refractivity contribution in [2.24, 2.45) is 0 Å². The second-order valence-corrected chi connectivity index (χ2v) is 8.47. The number of allylic oxidation sites excluding steroid dienone is 1. The summed E-state index contributed by atoms with van der Waals surface area (Å²) in [6, 6.07) is 7.70. The van der Waals surface area contributed by atoms with Crippen LogP contribution in [0.2, 0.25) is 0 Å². The van der Waals surface area contributed by atoms with Gasteiger partial charge in [-0.25, -0.2) is 22.0 Å². The summed E-state index contributed by atoms with van der Waals surface area (Å²) in [5.74, 6) is -7.98. The molecule has 3 aromatic rings. The second-order valence-electron chi connectivity index (χ2n) is 8.47. The van der Waals surface area contributed by atoms with Crippen molar-refractivity contribution in [2.75, 3.05) is 13.2 Å². The van der Waals surface area contributed by atoms with Crippen LogP contribution >= 0.6 is 0 Å². The molecule has 0 aliphatic carbocycles. The van der Waals surface area contributed by atoms with E-state index in [9.17, 15) is 22.0 Å². The molecular weight excluding hydrogens is 482 g/mol. The predicted molar refractivity (Wildman–Crippen MR) is 125 cm³/mol. The van der Waals surface area contributed by atoms with Gasteiger partial charge in [0.15, 0.2) is 34.8 Å². The summed E-state index contributed by atoms with van der Waals surface area (Å²) in [6.07, 6.45) is 2.90. The molecule has 0 amide bonds. The van der Waals surface area contributed by atoms with Crippen molar-refractivity contribution in [3.63, 3.8) is 0 Å². The van der Waals surface area contributed by atoms with Crippen molar-refractivity contribution in [1.29, 1.82) is 0 Å². The predicted octanol–water partition coefficient (Wildman–Crippen LogP) is 8.26. The lowest BCUT2D eigenvalue weighted by Crippen LogP contribution is -2.21. The average molecular weight is 506 g/mol. The smallest absolute Gasteiger partial charge is 0.201 e. The molecule has 2 atom stereocenters. The van der Waals surface area contributed by atoms with Crippen molar-refractivity contribution in [3.05, 3.63) is 94.1 Å². The number of ether oxygens (including phenoxy) is 2. The maximum atomic E-state index is 15.0. The topological polar surface area (TPSA) is 18.5 Å². The fraction of sp³-hybridized carbons (Fsp3) is 0.286. The fourth-order valence-electron chi connectivity index (χ4n) is 4.47. The molecule has 0 bridgehead atoms. The zero-order valence-electron chi connectivity index (χ0n) is 19.7. The summed E-state index contributed by atoms with van der Waals surface area (Å²) in [7, 11) is 0. The van der Waals surface area contributed by atoms with Crippen LogP contribution in [0, 0.1) is 34.9 Å². The van der Waals surface area contributed by atoms with Crippen molar-refractivity contribution in [1.82, 2.24) is 0 Å². The van der Waals surface area contributed by atoms with E-state index in [1.54, 1.807) is 19.9 Å². The van der Waals surface area contributed by atoms with Crippen LogP contribution in [0.3, 0.4) is 0 Å². The molecule has 4 rings (SSSR count). The zero-order valence-corrected chi connectivity index (χ0v) is 19.7. The zero-order chi connectivity index (χ0) is 26.0. The van der Waals surface area contributed by atoms with Crippen LogP contribution in [0.15, 0.2) is 42.5 Å². The van der Waals surface area contributed by atoms with Gasteiger partial charge in [-0.1, -0.05) is 36.4 Å². The summed E-state index contributed by atoms with van der Waals surface area (Å²) in [5.41, 5.74) is -0.665. The van der Waals surface area contributed by atoms with Gasteiger partial charge in [-0.05, 0) is 44.4 Å². The van der Waals surface area contributed by atoms with Gasteiger partial charge in [0.05, 0.1) is 19.3 Å². The van der Waals surface area contributed by atoms with E-state index in [0.29, 0.717) is 6.42 Å². The van der Waals surface area contributed by atoms with Crippen LogP contribution in [0.25, 0.3) is 17.2 Å². The summed E-state index contributed by atoms with van der Waals surface area (Å²) < 4.78 is 98.4. The van der Waals surface area contributed by atoms with E-state index in [1.807, 2.05) is 0 Å².